The van der Waals surface area contributed by atoms with Crippen molar-refractivity contribution in [2.75, 3.05) is 0 Å². The lowest BCUT2D eigenvalue weighted by Gasteiger charge is -2.11. The summed E-state index contributed by atoms with van der Waals surface area (Å²) in [4.78, 5) is 35.2. The van der Waals surface area contributed by atoms with Crippen molar-refractivity contribution in [1.29, 1.82) is 0 Å². The van der Waals surface area contributed by atoms with Crippen molar-refractivity contribution >= 4 is 34.0 Å². The monoisotopic (exact) mass is 384 g/mol. The van der Waals surface area contributed by atoms with E-state index in [1.54, 1.807) is 25.2 Å². The average molecular weight is 385 g/mol. The van der Waals surface area contributed by atoms with E-state index in [2.05, 4.69) is 9.97 Å². The molecule has 4 aromatic rings. The highest BCUT2D eigenvalue weighted by Gasteiger charge is 2.15. The van der Waals surface area contributed by atoms with Crippen molar-refractivity contribution < 1.29 is 0 Å². The minimum absolute atomic E-state index is 0.0911. The molecule has 0 radical (unpaired) electrons. The van der Waals surface area contributed by atoms with Crippen molar-refractivity contribution in [3.05, 3.63) is 79.4 Å². The van der Waals surface area contributed by atoms with Crippen LogP contribution in [0.3, 0.4) is 0 Å². The molecule has 0 unspecified atom stereocenters. The second-order valence-electron chi connectivity index (χ2n) is 5.73. The number of aryl methyl sites for hydroxylation is 1. The van der Waals surface area contributed by atoms with Gasteiger partial charge >= 0.3 is 5.69 Å². The summed E-state index contributed by atoms with van der Waals surface area (Å²) in [6.45, 7) is 0.0911. The van der Waals surface area contributed by atoms with E-state index in [4.69, 9.17) is 11.6 Å². The van der Waals surface area contributed by atoms with Crippen LogP contribution in [0.1, 0.15) is 5.56 Å². The van der Waals surface area contributed by atoms with Gasteiger partial charge in [0.1, 0.15) is 5.39 Å². The number of halogens is 1. The number of rotatable bonds is 3. The molecule has 0 bridgehead atoms. The zero-order chi connectivity index (χ0) is 18.3. The van der Waals surface area contributed by atoms with Gasteiger partial charge in [-0.3, -0.25) is 13.9 Å². The molecule has 1 aromatic carbocycles. The molecule has 6 nitrogen and oxygen atoms in total. The summed E-state index contributed by atoms with van der Waals surface area (Å²) in [5.74, 6) is 0.491. The third kappa shape index (κ3) is 2.75. The molecule has 3 heterocycles. The number of hydrogen-bond donors (Lipinski definition) is 0. The van der Waals surface area contributed by atoms with Gasteiger partial charge in [0.15, 0.2) is 11.5 Å². The lowest BCUT2D eigenvalue weighted by molar-refractivity contribution is 0.656. The summed E-state index contributed by atoms with van der Waals surface area (Å²) in [5, 5.41) is 2.72. The van der Waals surface area contributed by atoms with Gasteiger partial charge in [0.2, 0.25) is 0 Å². The van der Waals surface area contributed by atoms with Crippen LogP contribution < -0.4 is 11.2 Å². The summed E-state index contributed by atoms with van der Waals surface area (Å²) in [6.07, 6.45) is 1.47. The molecular formula is C18H13ClN4O2S. The maximum atomic E-state index is 12.8. The van der Waals surface area contributed by atoms with Crippen molar-refractivity contribution in [2.24, 2.45) is 7.05 Å². The molecule has 0 saturated heterocycles. The van der Waals surface area contributed by atoms with Gasteiger partial charge in [-0.15, -0.1) is 11.3 Å². The lowest BCUT2D eigenvalue weighted by atomic mass is 10.2. The highest BCUT2D eigenvalue weighted by atomic mass is 35.5. The maximum Gasteiger partial charge on any atom is 0.332 e. The Kier molecular flexibility index (Phi) is 4.18. The van der Waals surface area contributed by atoms with Gasteiger partial charge < -0.3 is 0 Å². The molecular weight excluding hydrogens is 372 g/mol. The van der Waals surface area contributed by atoms with Crippen LogP contribution in [0, 0.1) is 0 Å². The number of benzene rings is 1. The van der Waals surface area contributed by atoms with Gasteiger partial charge in [0.25, 0.3) is 5.56 Å². The first-order chi connectivity index (χ1) is 12.6. The first-order valence-corrected chi connectivity index (χ1v) is 9.06. The molecule has 0 amide bonds. The largest absolute Gasteiger partial charge is 0.332 e. The van der Waals surface area contributed by atoms with Crippen LogP contribution in [0.25, 0.3) is 21.7 Å². The van der Waals surface area contributed by atoms with E-state index in [0.29, 0.717) is 27.4 Å². The summed E-state index contributed by atoms with van der Waals surface area (Å²) >= 11 is 7.66. The molecule has 0 saturated carbocycles. The predicted octanol–water partition coefficient (Wildman–Crippen LogP) is 2.92. The Morgan fingerprint density at radius 3 is 2.69 bits per heavy atom. The smallest absolute Gasteiger partial charge is 0.280 e. The van der Waals surface area contributed by atoms with E-state index in [1.165, 1.54) is 22.1 Å². The first kappa shape index (κ1) is 16.7. The molecule has 0 aliphatic rings. The molecule has 130 valence electrons. The Hall–Kier alpha value is -2.77. The predicted molar refractivity (Wildman–Crippen MR) is 103 cm³/mol. The Morgan fingerprint density at radius 1 is 1.15 bits per heavy atom. The zero-order valence-corrected chi connectivity index (χ0v) is 15.3. The van der Waals surface area contributed by atoms with Gasteiger partial charge in [-0.25, -0.2) is 14.8 Å². The first-order valence-electron chi connectivity index (χ1n) is 7.80. The van der Waals surface area contributed by atoms with Gasteiger partial charge in [0, 0.05) is 18.3 Å². The summed E-state index contributed by atoms with van der Waals surface area (Å²) in [7, 11) is 1.60. The molecule has 0 aliphatic carbocycles. The summed E-state index contributed by atoms with van der Waals surface area (Å²) in [6, 6.07) is 10.9. The summed E-state index contributed by atoms with van der Waals surface area (Å²) < 4.78 is 2.52. The van der Waals surface area contributed by atoms with Gasteiger partial charge in [-0.2, -0.15) is 0 Å². The maximum absolute atomic E-state index is 12.8. The second-order valence-corrected chi connectivity index (χ2v) is 7.09. The van der Waals surface area contributed by atoms with Crippen LogP contribution in [-0.2, 0) is 13.6 Å². The van der Waals surface area contributed by atoms with Gasteiger partial charge in [0.05, 0.1) is 11.4 Å². The van der Waals surface area contributed by atoms with Gasteiger partial charge in [-0.05, 0) is 23.1 Å². The molecule has 0 spiro atoms. The van der Waals surface area contributed by atoms with Crippen LogP contribution in [0.5, 0.6) is 0 Å². The van der Waals surface area contributed by atoms with E-state index >= 15 is 0 Å². The number of nitrogens with zero attached hydrogens (tertiary/aromatic N) is 4. The van der Waals surface area contributed by atoms with Crippen LogP contribution in [-0.4, -0.2) is 19.1 Å². The fourth-order valence-electron chi connectivity index (χ4n) is 2.74. The fourth-order valence-corrected chi connectivity index (χ4v) is 3.60. The lowest BCUT2D eigenvalue weighted by Crippen LogP contribution is -2.39. The second kappa shape index (κ2) is 6.51. The Bertz CT molecular complexity index is 1230. The quantitative estimate of drug-likeness (QED) is 0.544. The van der Waals surface area contributed by atoms with Crippen molar-refractivity contribution in [3.8, 4) is 10.7 Å². The zero-order valence-electron chi connectivity index (χ0n) is 13.7. The standard InChI is InChI=1S/C18H13ClN4O2S/c1-22-16-12(9-20-15(21-16)14-7-4-8-26-14)17(24)23(18(22)25)10-11-5-2-3-6-13(11)19/h2-9H,10H2,1H3. The topological polar surface area (TPSA) is 69.8 Å². The van der Waals surface area contributed by atoms with E-state index < -0.39 is 11.2 Å². The minimum Gasteiger partial charge on any atom is -0.280 e. The average Bonchev–Trinajstić information content (AvgIpc) is 3.19. The molecule has 8 heteroatoms. The van der Waals surface area contributed by atoms with E-state index in [1.807, 2.05) is 23.6 Å². The highest BCUT2D eigenvalue weighted by Crippen LogP contribution is 2.21. The number of aromatic nitrogens is 4. The molecule has 0 atom stereocenters. The molecule has 0 N–H and O–H groups in total. The van der Waals surface area contributed by atoms with Crippen LogP contribution >= 0.6 is 22.9 Å². The molecule has 26 heavy (non-hydrogen) atoms. The Balaban J connectivity index is 1.91. The van der Waals surface area contributed by atoms with Gasteiger partial charge in [-0.1, -0.05) is 35.9 Å². The fraction of sp³-hybridized carbons (Fsp3) is 0.111. The van der Waals surface area contributed by atoms with Crippen molar-refractivity contribution in [1.82, 2.24) is 19.1 Å². The van der Waals surface area contributed by atoms with Crippen LogP contribution in [0.4, 0.5) is 0 Å². The van der Waals surface area contributed by atoms with Crippen LogP contribution in [0.2, 0.25) is 5.02 Å². The molecule has 4 rings (SSSR count). The number of hydrogen-bond acceptors (Lipinski definition) is 5. The van der Waals surface area contributed by atoms with E-state index in [-0.39, 0.29) is 6.54 Å². The molecule has 3 aromatic heterocycles. The number of thiophene rings is 1. The Labute approximate surface area is 157 Å². The van der Waals surface area contributed by atoms with Crippen LogP contribution in [0.15, 0.2) is 57.6 Å². The normalized spacial score (nSPS) is 11.2. The SMILES string of the molecule is Cn1c(=O)n(Cc2ccccc2Cl)c(=O)c2cnc(-c3cccs3)nc21. The molecule has 0 aliphatic heterocycles. The highest BCUT2D eigenvalue weighted by molar-refractivity contribution is 7.13. The van der Waals surface area contributed by atoms with Crippen molar-refractivity contribution in [2.45, 2.75) is 6.54 Å². The number of fused-ring (bicyclic) bond motifs is 1. The summed E-state index contributed by atoms with van der Waals surface area (Å²) in [5.41, 5.74) is 0.136. The molecule has 0 fully saturated rings. The Morgan fingerprint density at radius 2 is 1.96 bits per heavy atom. The van der Waals surface area contributed by atoms with E-state index in [9.17, 15) is 9.59 Å². The third-order valence-electron chi connectivity index (χ3n) is 4.11. The van der Waals surface area contributed by atoms with E-state index in [0.717, 1.165) is 9.44 Å². The third-order valence-corrected chi connectivity index (χ3v) is 5.34. The minimum atomic E-state index is -0.446. The van der Waals surface area contributed by atoms with Crippen molar-refractivity contribution in [3.63, 3.8) is 0 Å².